The molecule has 0 aliphatic carbocycles. The van der Waals surface area contributed by atoms with Gasteiger partial charge in [0.15, 0.2) is 5.13 Å². The van der Waals surface area contributed by atoms with E-state index in [9.17, 15) is 0 Å². The molecule has 0 saturated heterocycles. The summed E-state index contributed by atoms with van der Waals surface area (Å²) in [4.78, 5) is 7.61. The molecule has 0 fully saturated rings. The number of para-hydroxylation sites is 1. The second-order valence-electron chi connectivity index (χ2n) is 4.88. The van der Waals surface area contributed by atoms with E-state index >= 15 is 0 Å². The number of aromatic nitrogens is 4. The summed E-state index contributed by atoms with van der Waals surface area (Å²) in [6.45, 7) is 0. The number of anilines is 2. The van der Waals surface area contributed by atoms with Crippen LogP contribution in [0.4, 0.5) is 10.8 Å². The Balaban J connectivity index is 1.36. The van der Waals surface area contributed by atoms with Crippen LogP contribution in [0.1, 0.15) is 5.69 Å². The molecular formula is C16H13N5OS2. The summed E-state index contributed by atoms with van der Waals surface area (Å²) in [6, 6.07) is 13.8. The SMILES string of the molecule is c1ccc(Nc2nc(CSc3nnc(-c4ccc[nH]4)o3)cs2)cc1. The van der Waals surface area contributed by atoms with E-state index in [2.05, 4.69) is 25.5 Å². The number of nitrogens with zero attached hydrogens (tertiary/aromatic N) is 3. The predicted molar refractivity (Wildman–Crippen MR) is 95.5 cm³/mol. The van der Waals surface area contributed by atoms with Crippen molar-refractivity contribution in [1.29, 1.82) is 0 Å². The lowest BCUT2D eigenvalue weighted by Crippen LogP contribution is -1.89. The maximum atomic E-state index is 5.62. The van der Waals surface area contributed by atoms with Crippen LogP contribution in [0.2, 0.25) is 0 Å². The molecule has 120 valence electrons. The summed E-state index contributed by atoms with van der Waals surface area (Å²) in [5.41, 5.74) is 2.82. The van der Waals surface area contributed by atoms with Crippen LogP contribution in [0, 0.1) is 0 Å². The zero-order chi connectivity index (χ0) is 16.2. The maximum absolute atomic E-state index is 5.62. The molecule has 1 aromatic carbocycles. The van der Waals surface area contributed by atoms with Crippen molar-refractivity contribution in [2.45, 2.75) is 11.0 Å². The monoisotopic (exact) mass is 355 g/mol. The van der Waals surface area contributed by atoms with Crippen molar-refractivity contribution in [2.24, 2.45) is 0 Å². The summed E-state index contributed by atoms with van der Waals surface area (Å²) in [6.07, 6.45) is 1.82. The Morgan fingerprint density at radius 3 is 2.88 bits per heavy atom. The van der Waals surface area contributed by atoms with E-state index in [4.69, 9.17) is 4.42 Å². The Labute approximate surface area is 146 Å². The van der Waals surface area contributed by atoms with Crippen LogP contribution in [0.5, 0.6) is 0 Å². The Morgan fingerprint density at radius 2 is 2.04 bits per heavy atom. The third kappa shape index (κ3) is 3.50. The Bertz CT molecular complexity index is 902. The molecule has 0 aliphatic heterocycles. The third-order valence-corrected chi connectivity index (χ3v) is 4.81. The minimum absolute atomic E-state index is 0.493. The van der Waals surface area contributed by atoms with Crippen molar-refractivity contribution in [2.75, 3.05) is 5.32 Å². The van der Waals surface area contributed by atoms with Gasteiger partial charge in [-0.25, -0.2) is 4.98 Å². The molecule has 8 heteroatoms. The molecule has 0 radical (unpaired) electrons. The van der Waals surface area contributed by atoms with Crippen molar-refractivity contribution in [1.82, 2.24) is 20.2 Å². The minimum Gasteiger partial charge on any atom is -0.410 e. The van der Waals surface area contributed by atoms with Crippen LogP contribution >= 0.6 is 23.1 Å². The largest absolute Gasteiger partial charge is 0.410 e. The predicted octanol–water partition coefficient (Wildman–Crippen LogP) is 4.56. The van der Waals surface area contributed by atoms with Crippen LogP contribution in [0.3, 0.4) is 0 Å². The van der Waals surface area contributed by atoms with E-state index in [1.807, 2.05) is 54.0 Å². The summed E-state index contributed by atoms with van der Waals surface area (Å²) in [5.74, 6) is 1.17. The molecule has 0 spiro atoms. The lowest BCUT2D eigenvalue weighted by Gasteiger charge is -2.00. The molecule has 4 rings (SSSR count). The number of H-pyrrole nitrogens is 1. The van der Waals surface area contributed by atoms with Gasteiger partial charge in [0.2, 0.25) is 0 Å². The number of benzene rings is 1. The fraction of sp³-hybridized carbons (Fsp3) is 0.0625. The first-order valence-electron chi connectivity index (χ1n) is 7.23. The highest BCUT2D eigenvalue weighted by atomic mass is 32.2. The number of thiazole rings is 1. The van der Waals surface area contributed by atoms with Crippen LogP contribution in [-0.4, -0.2) is 20.2 Å². The molecule has 3 aromatic heterocycles. The average Bonchev–Trinajstić information content (AvgIpc) is 3.35. The highest BCUT2D eigenvalue weighted by Gasteiger charge is 2.11. The van der Waals surface area contributed by atoms with Crippen LogP contribution in [0.15, 0.2) is 63.7 Å². The molecular weight excluding hydrogens is 342 g/mol. The van der Waals surface area contributed by atoms with Crippen LogP contribution in [-0.2, 0) is 5.75 Å². The summed E-state index contributed by atoms with van der Waals surface area (Å²) < 4.78 is 5.62. The van der Waals surface area contributed by atoms with Gasteiger partial charge in [0.1, 0.15) is 5.69 Å². The molecule has 0 saturated carbocycles. The number of aromatic amines is 1. The van der Waals surface area contributed by atoms with Crippen molar-refractivity contribution in [3.05, 3.63) is 59.7 Å². The molecule has 3 heterocycles. The van der Waals surface area contributed by atoms with E-state index in [-0.39, 0.29) is 0 Å². The van der Waals surface area contributed by atoms with E-state index in [0.29, 0.717) is 16.9 Å². The van der Waals surface area contributed by atoms with Gasteiger partial charge in [0.25, 0.3) is 11.1 Å². The molecule has 0 atom stereocenters. The third-order valence-electron chi connectivity index (χ3n) is 3.16. The zero-order valence-electron chi connectivity index (χ0n) is 12.5. The average molecular weight is 355 g/mol. The molecule has 2 N–H and O–H groups in total. The van der Waals surface area contributed by atoms with Gasteiger partial charge in [0, 0.05) is 23.0 Å². The minimum atomic E-state index is 0.493. The molecule has 0 amide bonds. The Kier molecular flexibility index (Phi) is 4.30. The number of hydrogen-bond acceptors (Lipinski definition) is 7. The van der Waals surface area contributed by atoms with Gasteiger partial charge in [-0.15, -0.1) is 21.5 Å². The number of thioether (sulfide) groups is 1. The molecule has 6 nitrogen and oxygen atoms in total. The second-order valence-corrected chi connectivity index (χ2v) is 6.67. The highest BCUT2D eigenvalue weighted by Crippen LogP contribution is 2.27. The van der Waals surface area contributed by atoms with E-state index in [1.165, 1.54) is 11.8 Å². The summed E-state index contributed by atoms with van der Waals surface area (Å²) in [7, 11) is 0. The summed E-state index contributed by atoms with van der Waals surface area (Å²) >= 11 is 3.05. The van der Waals surface area contributed by atoms with Crippen LogP contribution < -0.4 is 5.32 Å². The van der Waals surface area contributed by atoms with Crippen molar-refractivity contribution < 1.29 is 4.42 Å². The van der Waals surface area contributed by atoms with Crippen molar-refractivity contribution >= 4 is 33.9 Å². The first-order chi connectivity index (χ1) is 11.9. The van der Waals surface area contributed by atoms with E-state index in [1.54, 1.807) is 11.3 Å². The van der Waals surface area contributed by atoms with E-state index < -0.39 is 0 Å². The first-order valence-corrected chi connectivity index (χ1v) is 9.10. The molecule has 0 bridgehead atoms. The Morgan fingerprint density at radius 1 is 1.12 bits per heavy atom. The lowest BCUT2D eigenvalue weighted by atomic mass is 10.3. The topological polar surface area (TPSA) is 79.6 Å². The normalized spacial score (nSPS) is 10.8. The second kappa shape index (κ2) is 6.90. The molecule has 0 unspecified atom stereocenters. The molecule has 0 aliphatic rings. The quantitative estimate of drug-likeness (QED) is 0.494. The van der Waals surface area contributed by atoms with Gasteiger partial charge in [-0.2, -0.15) is 0 Å². The van der Waals surface area contributed by atoms with Gasteiger partial charge in [-0.05, 0) is 24.3 Å². The van der Waals surface area contributed by atoms with Crippen LogP contribution in [0.25, 0.3) is 11.6 Å². The van der Waals surface area contributed by atoms with Gasteiger partial charge < -0.3 is 14.7 Å². The highest BCUT2D eigenvalue weighted by molar-refractivity contribution is 7.98. The fourth-order valence-electron chi connectivity index (χ4n) is 2.05. The standard InChI is InChI=1S/C16H13N5OS2/c1-2-5-11(6-3-1)18-15-19-12(9-23-15)10-24-16-21-20-14(22-16)13-7-4-8-17-13/h1-9,17H,10H2,(H,18,19). The van der Waals surface area contributed by atoms with Gasteiger partial charge in [-0.1, -0.05) is 30.0 Å². The van der Waals surface area contributed by atoms with E-state index in [0.717, 1.165) is 22.2 Å². The smallest absolute Gasteiger partial charge is 0.277 e. The van der Waals surface area contributed by atoms with Gasteiger partial charge in [-0.3, -0.25) is 0 Å². The zero-order valence-corrected chi connectivity index (χ0v) is 14.1. The summed E-state index contributed by atoms with van der Waals surface area (Å²) in [5, 5.41) is 14.8. The van der Waals surface area contributed by atoms with Crippen molar-refractivity contribution in [3.8, 4) is 11.6 Å². The lowest BCUT2D eigenvalue weighted by molar-refractivity contribution is 0.464. The van der Waals surface area contributed by atoms with Gasteiger partial charge in [0.05, 0.1) is 5.69 Å². The maximum Gasteiger partial charge on any atom is 0.277 e. The first kappa shape index (κ1) is 15.0. The number of nitrogens with one attached hydrogen (secondary N) is 2. The number of rotatable bonds is 6. The molecule has 4 aromatic rings. The number of hydrogen-bond donors (Lipinski definition) is 2. The van der Waals surface area contributed by atoms with Gasteiger partial charge >= 0.3 is 0 Å². The van der Waals surface area contributed by atoms with Crippen molar-refractivity contribution in [3.63, 3.8) is 0 Å². The molecule has 24 heavy (non-hydrogen) atoms. The fourth-order valence-corrected chi connectivity index (χ4v) is 3.54. The Hall–Kier alpha value is -2.58.